The Balaban J connectivity index is 1.46. The SMILES string of the molecule is C=CC(=O)OCCOCCOc1cccc2cc(OCCc3ccccc3)ccc12. The van der Waals surface area contributed by atoms with Crippen molar-refractivity contribution in [2.45, 2.75) is 6.42 Å². The molecule has 0 aromatic heterocycles. The van der Waals surface area contributed by atoms with Crippen molar-refractivity contribution in [3.8, 4) is 11.5 Å². The highest BCUT2D eigenvalue weighted by Gasteiger charge is 2.04. The van der Waals surface area contributed by atoms with Gasteiger partial charge in [0.05, 0.1) is 19.8 Å². The highest BCUT2D eigenvalue weighted by Crippen LogP contribution is 2.28. The fourth-order valence-electron chi connectivity index (χ4n) is 2.95. The van der Waals surface area contributed by atoms with Crippen molar-refractivity contribution in [2.75, 3.05) is 33.0 Å². The maximum Gasteiger partial charge on any atom is 0.330 e. The first-order chi connectivity index (χ1) is 14.8. The molecule has 0 spiro atoms. The molecule has 30 heavy (non-hydrogen) atoms. The van der Waals surface area contributed by atoms with Crippen LogP contribution in [-0.2, 0) is 20.7 Å². The molecular weight excluding hydrogens is 380 g/mol. The number of hydrogen-bond acceptors (Lipinski definition) is 5. The molecule has 3 rings (SSSR count). The molecule has 0 saturated carbocycles. The van der Waals surface area contributed by atoms with E-state index >= 15 is 0 Å². The summed E-state index contributed by atoms with van der Waals surface area (Å²) in [5.41, 5.74) is 1.26. The summed E-state index contributed by atoms with van der Waals surface area (Å²) in [6.07, 6.45) is 2.00. The van der Waals surface area contributed by atoms with Gasteiger partial charge in [0.1, 0.15) is 24.7 Å². The summed E-state index contributed by atoms with van der Waals surface area (Å²) in [5.74, 6) is 1.19. The number of carbonyl (C=O) groups is 1. The lowest BCUT2D eigenvalue weighted by atomic mass is 10.1. The van der Waals surface area contributed by atoms with Crippen LogP contribution in [0.2, 0.25) is 0 Å². The predicted molar refractivity (Wildman–Crippen MR) is 117 cm³/mol. The third-order valence-electron chi connectivity index (χ3n) is 4.44. The van der Waals surface area contributed by atoms with Crippen LogP contribution in [0, 0.1) is 0 Å². The molecule has 0 saturated heterocycles. The number of fused-ring (bicyclic) bond motifs is 1. The standard InChI is InChI=1S/C25H26O5/c1-2-25(26)30-18-16-27-15-17-29-24-10-6-9-21-19-22(11-12-23(21)24)28-14-13-20-7-4-3-5-8-20/h2-12,19H,1,13-18H2. The first-order valence-electron chi connectivity index (χ1n) is 9.95. The second-order valence-electron chi connectivity index (χ2n) is 6.56. The van der Waals surface area contributed by atoms with Crippen molar-refractivity contribution in [1.29, 1.82) is 0 Å². The summed E-state index contributed by atoms with van der Waals surface area (Å²) in [7, 11) is 0. The van der Waals surface area contributed by atoms with Gasteiger partial charge >= 0.3 is 5.97 Å². The lowest BCUT2D eigenvalue weighted by Crippen LogP contribution is -2.12. The molecule has 3 aromatic carbocycles. The molecule has 5 heteroatoms. The van der Waals surface area contributed by atoms with Crippen molar-refractivity contribution in [2.24, 2.45) is 0 Å². The highest BCUT2D eigenvalue weighted by molar-refractivity contribution is 5.89. The van der Waals surface area contributed by atoms with E-state index < -0.39 is 5.97 Å². The minimum absolute atomic E-state index is 0.201. The normalized spacial score (nSPS) is 10.5. The van der Waals surface area contributed by atoms with Crippen LogP contribution >= 0.6 is 0 Å². The van der Waals surface area contributed by atoms with E-state index in [1.54, 1.807) is 0 Å². The quantitative estimate of drug-likeness (QED) is 0.250. The van der Waals surface area contributed by atoms with Gasteiger partial charge in [-0.1, -0.05) is 49.0 Å². The number of ether oxygens (including phenoxy) is 4. The van der Waals surface area contributed by atoms with E-state index in [9.17, 15) is 4.79 Å². The van der Waals surface area contributed by atoms with Crippen LogP contribution in [0.25, 0.3) is 10.8 Å². The minimum atomic E-state index is -0.450. The second-order valence-corrected chi connectivity index (χ2v) is 6.56. The predicted octanol–water partition coefficient (Wildman–Crippen LogP) is 4.59. The van der Waals surface area contributed by atoms with E-state index in [1.807, 2.05) is 54.6 Å². The van der Waals surface area contributed by atoms with Gasteiger partial charge in [0.25, 0.3) is 0 Å². The summed E-state index contributed by atoms with van der Waals surface area (Å²) in [6.45, 7) is 5.30. The zero-order chi connectivity index (χ0) is 21.0. The Hall–Kier alpha value is -3.31. The van der Waals surface area contributed by atoms with Gasteiger partial charge in [-0.05, 0) is 35.2 Å². The van der Waals surface area contributed by atoms with Crippen LogP contribution in [0.15, 0.2) is 79.4 Å². The Bertz CT molecular complexity index is 952. The Kier molecular flexibility index (Phi) is 8.30. The Morgan fingerprint density at radius 3 is 2.50 bits per heavy atom. The maximum absolute atomic E-state index is 10.9. The fourth-order valence-corrected chi connectivity index (χ4v) is 2.95. The molecule has 156 valence electrons. The molecule has 0 aliphatic rings. The lowest BCUT2D eigenvalue weighted by molar-refractivity contribution is -0.139. The molecule has 5 nitrogen and oxygen atoms in total. The van der Waals surface area contributed by atoms with Crippen molar-refractivity contribution in [1.82, 2.24) is 0 Å². The molecule has 0 N–H and O–H groups in total. The average Bonchev–Trinajstić information content (AvgIpc) is 2.79. The average molecular weight is 406 g/mol. The van der Waals surface area contributed by atoms with Gasteiger partial charge in [-0.3, -0.25) is 0 Å². The number of hydrogen-bond donors (Lipinski definition) is 0. The maximum atomic E-state index is 10.9. The van der Waals surface area contributed by atoms with E-state index in [0.717, 1.165) is 34.8 Å². The number of carbonyl (C=O) groups excluding carboxylic acids is 1. The summed E-state index contributed by atoms with van der Waals surface area (Å²) in [6, 6.07) is 22.2. The number of rotatable bonds is 12. The summed E-state index contributed by atoms with van der Waals surface area (Å²) in [5, 5.41) is 2.08. The van der Waals surface area contributed by atoms with Crippen LogP contribution in [0.4, 0.5) is 0 Å². The second kappa shape index (κ2) is 11.6. The molecule has 0 fully saturated rings. The minimum Gasteiger partial charge on any atom is -0.493 e. The first kappa shape index (κ1) is 21.4. The van der Waals surface area contributed by atoms with Crippen molar-refractivity contribution in [3.05, 3.63) is 84.9 Å². The van der Waals surface area contributed by atoms with Crippen LogP contribution in [0.1, 0.15) is 5.56 Å². The lowest BCUT2D eigenvalue weighted by Gasteiger charge is -2.12. The van der Waals surface area contributed by atoms with E-state index in [0.29, 0.717) is 26.4 Å². The van der Waals surface area contributed by atoms with E-state index in [1.165, 1.54) is 5.56 Å². The third kappa shape index (κ3) is 6.64. The van der Waals surface area contributed by atoms with Gasteiger partial charge in [0.2, 0.25) is 0 Å². The van der Waals surface area contributed by atoms with Gasteiger partial charge in [-0.2, -0.15) is 0 Å². The Morgan fingerprint density at radius 1 is 0.833 bits per heavy atom. The van der Waals surface area contributed by atoms with Gasteiger partial charge < -0.3 is 18.9 Å². The molecule has 3 aromatic rings. The third-order valence-corrected chi connectivity index (χ3v) is 4.44. The Labute approximate surface area is 176 Å². The van der Waals surface area contributed by atoms with Gasteiger partial charge in [-0.25, -0.2) is 4.79 Å². The molecule has 0 atom stereocenters. The topological polar surface area (TPSA) is 54.0 Å². The molecule has 0 aliphatic carbocycles. The van der Waals surface area contributed by atoms with Crippen molar-refractivity contribution in [3.63, 3.8) is 0 Å². The van der Waals surface area contributed by atoms with E-state index in [2.05, 4.69) is 18.7 Å². The number of benzene rings is 3. The summed E-state index contributed by atoms with van der Waals surface area (Å²) in [4.78, 5) is 10.9. The smallest absolute Gasteiger partial charge is 0.330 e. The zero-order valence-corrected chi connectivity index (χ0v) is 16.9. The first-order valence-corrected chi connectivity index (χ1v) is 9.95. The largest absolute Gasteiger partial charge is 0.493 e. The molecule has 0 amide bonds. The monoisotopic (exact) mass is 406 g/mol. The summed E-state index contributed by atoms with van der Waals surface area (Å²) >= 11 is 0. The number of esters is 1. The van der Waals surface area contributed by atoms with E-state index in [4.69, 9.17) is 18.9 Å². The van der Waals surface area contributed by atoms with Gasteiger partial charge in [0.15, 0.2) is 0 Å². The molecule has 0 heterocycles. The van der Waals surface area contributed by atoms with Crippen LogP contribution in [0.3, 0.4) is 0 Å². The van der Waals surface area contributed by atoms with E-state index in [-0.39, 0.29) is 6.61 Å². The molecule has 0 unspecified atom stereocenters. The molecule has 0 radical (unpaired) electrons. The Morgan fingerprint density at radius 2 is 1.67 bits per heavy atom. The van der Waals surface area contributed by atoms with Gasteiger partial charge in [0, 0.05) is 17.9 Å². The van der Waals surface area contributed by atoms with Crippen molar-refractivity contribution >= 4 is 16.7 Å². The fraction of sp³-hybridized carbons (Fsp3) is 0.240. The van der Waals surface area contributed by atoms with Gasteiger partial charge in [-0.15, -0.1) is 0 Å². The zero-order valence-electron chi connectivity index (χ0n) is 16.9. The summed E-state index contributed by atoms with van der Waals surface area (Å²) < 4.78 is 22.0. The van der Waals surface area contributed by atoms with Crippen LogP contribution in [-0.4, -0.2) is 39.0 Å². The molecule has 0 aliphatic heterocycles. The van der Waals surface area contributed by atoms with Crippen molar-refractivity contribution < 1.29 is 23.7 Å². The van der Waals surface area contributed by atoms with Crippen LogP contribution < -0.4 is 9.47 Å². The van der Waals surface area contributed by atoms with Crippen LogP contribution in [0.5, 0.6) is 11.5 Å². The molecule has 0 bridgehead atoms. The molecular formula is C25H26O5. The highest BCUT2D eigenvalue weighted by atomic mass is 16.6.